The van der Waals surface area contributed by atoms with E-state index in [0.717, 1.165) is 10.5 Å². The topological polar surface area (TPSA) is 139 Å². The summed E-state index contributed by atoms with van der Waals surface area (Å²) in [7, 11) is 0. The number of aryl methyl sites for hydroxylation is 1. The van der Waals surface area contributed by atoms with Gasteiger partial charge in [0.1, 0.15) is 22.7 Å². The Morgan fingerprint density at radius 1 is 0.912 bits per heavy atom. The summed E-state index contributed by atoms with van der Waals surface area (Å²) in [5.74, 6) is -0.845. The molecule has 1 aromatic heterocycles. The van der Waals surface area contributed by atoms with E-state index in [1.165, 1.54) is 6.07 Å². The highest BCUT2D eigenvalue weighted by Gasteiger charge is 2.33. The molecule has 0 atom stereocenters. The molecule has 182 valence electrons. The number of carbonyl (C=O) groups excluding carboxylic acids is 3. The molecule has 2 aromatic rings. The molecule has 0 aliphatic heterocycles. The Bertz CT molecular complexity index is 1090. The van der Waals surface area contributed by atoms with Gasteiger partial charge in [-0.25, -0.2) is 24.3 Å². The number of amides is 3. The van der Waals surface area contributed by atoms with Gasteiger partial charge in [-0.15, -0.1) is 4.90 Å². The minimum Gasteiger partial charge on any atom is -0.464 e. The second-order valence-corrected chi connectivity index (χ2v) is 9.32. The predicted molar refractivity (Wildman–Crippen MR) is 124 cm³/mol. The summed E-state index contributed by atoms with van der Waals surface area (Å²) in [6.07, 6.45) is -3.50. The molecule has 0 fully saturated rings. The summed E-state index contributed by atoms with van der Waals surface area (Å²) < 4.78 is 10.6. The van der Waals surface area contributed by atoms with Crippen molar-refractivity contribution in [3.05, 3.63) is 41.6 Å². The number of benzene rings is 1. The standard InChI is InChI=1S/C23H28N4O7/c1-14-8-10-16(11-9-14)26(20(31)33-22(2,3)4)17-12-15(13-28)24-18(25-17)27(19(29)30)21(32)34-23(5,6)7/h8-13H,1-7H3,(H,29,30). The second-order valence-electron chi connectivity index (χ2n) is 9.32. The maximum Gasteiger partial charge on any atom is 0.427 e. The first-order valence-corrected chi connectivity index (χ1v) is 10.3. The number of aromatic nitrogens is 2. The number of carboxylic acid groups (broad SMARTS) is 1. The van der Waals surface area contributed by atoms with Crippen LogP contribution in [0.5, 0.6) is 0 Å². The van der Waals surface area contributed by atoms with Crippen LogP contribution < -0.4 is 9.80 Å². The van der Waals surface area contributed by atoms with Gasteiger partial charge in [-0.1, -0.05) is 17.7 Å². The highest BCUT2D eigenvalue weighted by Crippen LogP contribution is 2.29. The molecule has 0 unspecified atom stereocenters. The summed E-state index contributed by atoms with van der Waals surface area (Å²) in [4.78, 5) is 58.3. The van der Waals surface area contributed by atoms with Gasteiger partial charge in [0, 0.05) is 6.07 Å². The molecule has 11 nitrogen and oxygen atoms in total. The van der Waals surface area contributed by atoms with Gasteiger partial charge >= 0.3 is 18.3 Å². The summed E-state index contributed by atoms with van der Waals surface area (Å²) in [6, 6.07) is 7.93. The SMILES string of the molecule is Cc1ccc(N(C(=O)OC(C)(C)C)c2cc(C=O)nc(N(C(=O)O)C(=O)OC(C)(C)C)n2)cc1. The van der Waals surface area contributed by atoms with Crippen LogP contribution in [0.1, 0.15) is 57.6 Å². The maximum absolute atomic E-state index is 13.1. The van der Waals surface area contributed by atoms with E-state index in [9.17, 15) is 24.3 Å². The first kappa shape index (κ1) is 26.2. The first-order valence-electron chi connectivity index (χ1n) is 10.3. The molecule has 0 aliphatic rings. The highest BCUT2D eigenvalue weighted by atomic mass is 16.6. The molecule has 1 heterocycles. The molecule has 11 heteroatoms. The highest BCUT2D eigenvalue weighted by molar-refractivity contribution is 6.07. The number of carbonyl (C=O) groups is 4. The number of rotatable bonds is 4. The van der Waals surface area contributed by atoms with E-state index in [2.05, 4.69) is 9.97 Å². The van der Waals surface area contributed by atoms with E-state index < -0.39 is 35.4 Å². The summed E-state index contributed by atoms with van der Waals surface area (Å²) in [5, 5.41) is 9.65. The Kier molecular flexibility index (Phi) is 7.60. The van der Waals surface area contributed by atoms with Crippen molar-refractivity contribution in [1.29, 1.82) is 0 Å². The number of hydrogen-bond donors (Lipinski definition) is 1. The summed E-state index contributed by atoms with van der Waals surface area (Å²) in [6.45, 7) is 11.6. The Balaban J connectivity index is 2.69. The number of ether oxygens (including phenoxy) is 2. The molecule has 0 spiro atoms. The van der Waals surface area contributed by atoms with E-state index in [1.807, 2.05) is 6.92 Å². The predicted octanol–water partition coefficient (Wildman–Crippen LogP) is 5.09. The van der Waals surface area contributed by atoms with Gasteiger partial charge < -0.3 is 14.6 Å². The van der Waals surface area contributed by atoms with Crippen molar-refractivity contribution >= 4 is 42.0 Å². The van der Waals surface area contributed by atoms with Crippen LogP contribution in [0.3, 0.4) is 0 Å². The number of aldehydes is 1. The van der Waals surface area contributed by atoms with Crippen molar-refractivity contribution in [1.82, 2.24) is 9.97 Å². The van der Waals surface area contributed by atoms with E-state index in [-0.39, 0.29) is 16.4 Å². The first-order chi connectivity index (χ1) is 15.6. The Labute approximate surface area is 197 Å². The third-order valence-corrected chi connectivity index (χ3v) is 3.91. The molecule has 0 saturated heterocycles. The van der Waals surface area contributed by atoms with E-state index >= 15 is 0 Å². The van der Waals surface area contributed by atoms with Gasteiger partial charge in [-0.3, -0.25) is 4.79 Å². The van der Waals surface area contributed by atoms with Gasteiger partial charge in [-0.05, 0) is 60.6 Å². The number of nitrogens with zero attached hydrogens (tertiary/aromatic N) is 4. The van der Waals surface area contributed by atoms with Gasteiger partial charge in [0.15, 0.2) is 6.29 Å². The van der Waals surface area contributed by atoms with E-state index in [0.29, 0.717) is 12.0 Å². The van der Waals surface area contributed by atoms with Crippen molar-refractivity contribution in [3.63, 3.8) is 0 Å². The second kappa shape index (κ2) is 9.86. The molecule has 1 aromatic carbocycles. The molecule has 1 N–H and O–H groups in total. The van der Waals surface area contributed by atoms with Crippen molar-refractivity contribution in [3.8, 4) is 0 Å². The minimum atomic E-state index is -1.73. The molecule has 0 saturated carbocycles. The van der Waals surface area contributed by atoms with Crippen molar-refractivity contribution in [2.24, 2.45) is 0 Å². The van der Waals surface area contributed by atoms with E-state index in [1.54, 1.807) is 65.8 Å². The van der Waals surface area contributed by atoms with Crippen molar-refractivity contribution in [2.75, 3.05) is 9.80 Å². The zero-order chi connectivity index (χ0) is 25.8. The van der Waals surface area contributed by atoms with Crippen LogP contribution in [-0.4, -0.2) is 50.8 Å². The quantitative estimate of drug-likeness (QED) is 0.603. The van der Waals surface area contributed by atoms with Crippen LogP contribution >= 0.6 is 0 Å². The van der Waals surface area contributed by atoms with E-state index in [4.69, 9.17) is 9.47 Å². The zero-order valence-electron chi connectivity index (χ0n) is 20.1. The van der Waals surface area contributed by atoms with Crippen molar-refractivity contribution < 1.29 is 33.8 Å². The van der Waals surface area contributed by atoms with Crippen LogP contribution in [0.25, 0.3) is 0 Å². The number of anilines is 3. The third-order valence-electron chi connectivity index (χ3n) is 3.91. The van der Waals surface area contributed by atoms with Crippen LogP contribution in [0.4, 0.5) is 31.8 Å². The summed E-state index contributed by atoms with van der Waals surface area (Å²) >= 11 is 0. The molecule has 0 radical (unpaired) electrons. The van der Waals surface area contributed by atoms with Crippen LogP contribution in [0, 0.1) is 6.92 Å². The smallest absolute Gasteiger partial charge is 0.427 e. The molecule has 0 aliphatic carbocycles. The number of hydrogen-bond acceptors (Lipinski definition) is 8. The molecular formula is C23H28N4O7. The van der Waals surface area contributed by atoms with Crippen molar-refractivity contribution in [2.45, 2.75) is 59.7 Å². The maximum atomic E-state index is 13.1. The Morgan fingerprint density at radius 2 is 1.44 bits per heavy atom. The average molecular weight is 472 g/mol. The van der Waals surface area contributed by atoms with Gasteiger partial charge in [0.2, 0.25) is 5.95 Å². The average Bonchev–Trinajstić information content (AvgIpc) is 2.66. The van der Waals surface area contributed by atoms with Crippen LogP contribution in [0.2, 0.25) is 0 Å². The number of imide groups is 1. The Hall–Kier alpha value is -4.02. The third kappa shape index (κ3) is 6.99. The zero-order valence-corrected chi connectivity index (χ0v) is 20.1. The lowest BCUT2D eigenvalue weighted by Crippen LogP contribution is -2.41. The lowest BCUT2D eigenvalue weighted by atomic mass is 10.2. The molecule has 3 amide bonds. The largest absolute Gasteiger partial charge is 0.464 e. The Morgan fingerprint density at radius 3 is 1.91 bits per heavy atom. The molecular weight excluding hydrogens is 444 g/mol. The van der Waals surface area contributed by atoms with Crippen LogP contribution in [0.15, 0.2) is 30.3 Å². The fourth-order valence-electron chi connectivity index (χ4n) is 2.60. The fourth-order valence-corrected chi connectivity index (χ4v) is 2.60. The lowest BCUT2D eigenvalue weighted by Gasteiger charge is -2.28. The molecule has 34 heavy (non-hydrogen) atoms. The lowest BCUT2D eigenvalue weighted by molar-refractivity contribution is 0.0575. The summed E-state index contributed by atoms with van der Waals surface area (Å²) in [5.41, 5.74) is -0.893. The van der Waals surface area contributed by atoms with Gasteiger partial charge in [0.25, 0.3) is 0 Å². The monoisotopic (exact) mass is 472 g/mol. The van der Waals surface area contributed by atoms with Gasteiger partial charge in [0.05, 0.1) is 5.69 Å². The minimum absolute atomic E-state index is 0.157. The molecule has 2 rings (SSSR count). The fraction of sp³-hybridized carbons (Fsp3) is 0.391. The van der Waals surface area contributed by atoms with Gasteiger partial charge in [-0.2, -0.15) is 4.98 Å². The molecule has 0 bridgehead atoms. The van der Waals surface area contributed by atoms with Crippen LogP contribution in [-0.2, 0) is 9.47 Å². The normalized spacial score (nSPS) is 11.4.